The predicted octanol–water partition coefficient (Wildman–Crippen LogP) is 3.09. The zero-order valence-corrected chi connectivity index (χ0v) is 19.5. The van der Waals surface area contributed by atoms with Crippen molar-refractivity contribution < 1.29 is 18.4 Å². The molecule has 0 saturated carbocycles. The number of aromatic nitrogens is 4. The van der Waals surface area contributed by atoms with Gasteiger partial charge >= 0.3 is 0 Å². The number of halogens is 2. The van der Waals surface area contributed by atoms with E-state index in [4.69, 9.17) is 0 Å². The fraction of sp³-hybridized carbons (Fsp3) is 0.261. The maximum atomic E-state index is 13.0. The van der Waals surface area contributed by atoms with E-state index in [-0.39, 0.29) is 31.1 Å². The highest BCUT2D eigenvalue weighted by Gasteiger charge is 2.43. The number of carbonyl (C=O) groups excluding carboxylic acids is 2. The Hall–Kier alpha value is -3.77. The highest BCUT2D eigenvalue weighted by molar-refractivity contribution is 7.21. The Balaban J connectivity index is 1.26. The molecule has 0 atom stereocenters. The number of thiazole rings is 1. The summed E-state index contributed by atoms with van der Waals surface area (Å²) in [7, 11) is 0. The van der Waals surface area contributed by atoms with Crippen LogP contribution in [0.25, 0.3) is 15.3 Å². The van der Waals surface area contributed by atoms with Crippen molar-refractivity contribution in [2.45, 2.75) is 12.8 Å². The molecular weight excluding hydrogens is 476 g/mol. The Morgan fingerprint density at radius 3 is 2.69 bits per heavy atom. The number of hydrogen-bond acceptors (Lipinski definition) is 7. The molecule has 0 unspecified atom stereocenters. The van der Waals surface area contributed by atoms with Crippen molar-refractivity contribution in [3.63, 3.8) is 0 Å². The van der Waals surface area contributed by atoms with Crippen molar-refractivity contribution in [1.82, 2.24) is 29.8 Å². The van der Waals surface area contributed by atoms with Gasteiger partial charge in [-0.05, 0) is 30.7 Å². The van der Waals surface area contributed by atoms with Gasteiger partial charge in [0, 0.05) is 37.9 Å². The van der Waals surface area contributed by atoms with Gasteiger partial charge in [0.2, 0.25) is 0 Å². The second-order valence-electron chi connectivity index (χ2n) is 8.27. The first-order chi connectivity index (χ1) is 16.8. The zero-order chi connectivity index (χ0) is 24.6. The van der Waals surface area contributed by atoms with E-state index in [2.05, 4.69) is 25.7 Å². The van der Waals surface area contributed by atoms with Gasteiger partial charge in [0.15, 0.2) is 0 Å². The number of amides is 2. The maximum absolute atomic E-state index is 13.0. The van der Waals surface area contributed by atoms with E-state index in [9.17, 15) is 18.4 Å². The van der Waals surface area contributed by atoms with Gasteiger partial charge in [-0.3, -0.25) is 24.5 Å². The fourth-order valence-electron chi connectivity index (χ4n) is 3.76. The molecule has 12 heteroatoms. The van der Waals surface area contributed by atoms with E-state index >= 15 is 0 Å². The number of nitrogens with zero attached hydrogens (tertiary/aromatic N) is 5. The Bertz CT molecular complexity index is 1400. The van der Waals surface area contributed by atoms with Crippen LogP contribution in [0.3, 0.4) is 0 Å². The number of alkyl halides is 2. The van der Waals surface area contributed by atoms with Gasteiger partial charge in [-0.2, -0.15) is 5.10 Å². The largest absolute Gasteiger partial charge is 0.351 e. The van der Waals surface area contributed by atoms with Crippen LogP contribution in [0.15, 0.2) is 49.2 Å². The topological polar surface area (TPSA) is 105 Å². The molecule has 0 aromatic carbocycles. The summed E-state index contributed by atoms with van der Waals surface area (Å²) in [5.41, 5.74) is 2.58. The molecule has 0 aliphatic carbocycles. The quantitative estimate of drug-likeness (QED) is 0.407. The minimum Gasteiger partial charge on any atom is -0.351 e. The summed E-state index contributed by atoms with van der Waals surface area (Å²) in [5, 5.41) is 9.81. The third kappa shape index (κ3) is 4.88. The zero-order valence-electron chi connectivity index (χ0n) is 18.7. The van der Waals surface area contributed by atoms with Gasteiger partial charge in [0.05, 0.1) is 46.7 Å². The van der Waals surface area contributed by atoms with Crippen LogP contribution in [-0.4, -0.2) is 68.4 Å². The van der Waals surface area contributed by atoms with Crippen molar-refractivity contribution in [1.29, 1.82) is 0 Å². The molecule has 0 spiro atoms. The minimum atomic E-state index is -2.64. The van der Waals surface area contributed by atoms with Gasteiger partial charge < -0.3 is 10.6 Å². The Morgan fingerprint density at radius 1 is 1.17 bits per heavy atom. The lowest BCUT2D eigenvalue weighted by Crippen LogP contribution is -2.57. The third-order valence-electron chi connectivity index (χ3n) is 5.63. The van der Waals surface area contributed by atoms with Crippen LogP contribution < -0.4 is 10.6 Å². The summed E-state index contributed by atoms with van der Waals surface area (Å²) < 4.78 is 27.5. The van der Waals surface area contributed by atoms with Gasteiger partial charge in [0.25, 0.3) is 17.7 Å². The number of likely N-dealkylation sites (tertiary alicyclic amines) is 1. The van der Waals surface area contributed by atoms with Gasteiger partial charge in [-0.25, -0.2) is 13.3 Å². The minimum absolute atomic E-state index is 0.233. The smallest absolute Gasteiger partial charge is 0.272 e. The van der Waals surface area contributed by atoms with Crippen LogP contribution in [0.4, 0.5) is 14.5 Å². The molecule has 1 aliphatic heterocycles. The standard InChI is InChI=1S/C23H21F2N7O2S/c1-14-18(8-16(9-28-14)20(33)27-6-7-31-12-23(24,25)13-31)30-21(34)17-10-29-32-11-19(35-22(17)32)15-2-4-26-5-3-15/h2-5,8-11H,6-7,12-13H2,1H3,(H,27,33)(H,30,34). The lowest BCUT2D eigenvalue weighted by atomic mass is 10.1. The molecule has 1 aliphatic rings. The van der Waals surface area contributed by atoms with E-state index in [1.807, 2.05) is 18.3 Å². The van der Waals surface area contributed by atoms with Crippen molar-refractivity contribution in [2.24, 2.45) is 0 Å². The van der Waals surface area contributed by atoms with Crippen molar-refractivity contribution in [3.8, 4) is 10.4 Å². The van der Waals surface area contributed by atoms with Crippen LogP contribution in [0, 0.1) is 6.92 Å². The fourth-order valence-corrected chi connectivity index (χ4v) is 4.82. The predicted molar refractivity (Wildman–Crippen MR) is 127 cm³/mol. The lowest BCUT2D eigenvalue weighted by Gasteiger charge is -2.38. The number of nitrogens with one attached hydrogen (secondary N) is 2. The molecule has 0 radical (unpaired) electrons. The molecule has 5 heterocycles. The van der Waals surface area contributed by atoms with E-state index < -0.39 is 11.8 Å². The molecular formula is C23H21F2N7O2S. The van der Waals surface area contributed by atoms with Crippen molar-refractivity contribution in [3.05, 3.63) is 66.0 Å². The summed E-state index contributed by atoms with van der Waals surface area (Å²) >= 11 is 1.43. The number of hydrogen-bond donors (Lipinski definition) is 2. The number of aryl methyl sites for hydroxylation is 1. The number of anilines is 1. The Morgan fingerprint density at radius 2 is 1.94 bits per heavy atom. The highest BCUT2D eigenvalue weighted by Crippen LogP contribution is 2.30. The first-order valence-corrected chi connectivity index (χ1v) is 11.6. The molecule has 2 N–H and O–H groups in total. The van der Waals surface area contributed by atoms with Gasteiger partial charge in [0.1, 0.15) is 4.83 Å². The SMILES string of the molecule is Cc1ncc(C(=O)NCCN2CC(F)(F)C2)cc1NC(=O)c1cnn2cc(-c3ccncc3)sc12. The second-order valence-corrected chi connectivity index (χ2v) is 9.30. The first-order valence-electron chi connectivity index (χ1n) is 10.8. The van der Waals surface area contributed by atoms with Crippen LogP contribution in [0.5, 0.6) is 0 Å². The van der Waals surface area contributed by atoms with Gasteiger partial charge in [-0.1, -0.05) is 0 Å². The summed E-state index contributed by atoms with van der Waals surface area (Å²) in [5.74, 6) is -3.40. The maximum Gasteiger partial charge on any atom is 0.272 e. The number of rotatable bonds is 7. The summed E-state index contributed by atoms with van der Waals surface area (Å²) in [6.45, 7) is 1.71. The van der Waals surface area contributed by atoms with E-state index in [0.717, 1.165) is 10.4 Å². The molecule has 0 bridgehead atoms. The average Bonchev–Trinajstić information content (AvgIpc) is 3.41. The molecule has 2 amide bonds. The molecule has 4 aromatic heterocycles. The van der Waals surface area contributed by atoms with Crippen LogP contribution in [-0.2, 0) is 0 Å². The first kappa shape index (κ1) is 23.0. The van der Waals surface area contributed by atoms with Crippen LogP contribution in [0.1, 0.15) is 26.4 Å². The number of carbonyl (C=O) groups is 2. The van der Waals surface area contributed by atoms with E-state index in [1.54, 1.807) is 34.8 Å². The van der Waals surface area contributed by atoms with E-state index in [0.29, 0.717) is 28.3 Å². The van der Waals surface area contributed by atoms with Crippen LogP contribution in [0.2, 0.25) is 0 Å². The Labute approximate surface area is 202 Å². The normalized spacial score (nSPS) is 15.1. The molecule has 1 fully saturated rings. The van der Waals surface area contributed by atoms with Crippen molar-refractivity contribution >= 4 is 33.7 Å². The summed E-state index contributed by atoms with van der Waals surface area (Å²) in [4.78, 5) is 37.0. The molecule has 1 saturated heterocycles. The Kier molecular flexibility index (Phi) is 5.99. The number of fused-ring (bicyclic) bond motifs is 1. The van der Waals surface area contributed by atoms with Crippen LogP contribution >= 0.6 is 11.3 Å². The average molecular weight is 498 g/mol. The molecule has 4 aromatic rings. The number of pyridine rings is 2. The second kappa shape index (κ2) is 9.12. The lowest BCUT2D eigenvalue weighted by molar-refractivity contribution is -0.129. The van der Waals surface area contributed by atoms with Gasteiger partial charge in [-0.15, -0.1) is 11.3 Å². The molecule has 5 rings (SSSR count). The summed E-state index contributed by atoms with van der Waals surface area (Å²) in [6.07, 6.45) is 8.17. The van der Waals surface area contributed by atoms with E-state index in [1.165, 1.54) is 23.7 Å². The molecule has 180 valence electrons. The van der Waals surface area contributed by atoms with Crippen molar-refractivity contribution in [2.75, 3.05) is 31.5 Å². The third-order valence-corrected chi connectivity index (χ3v) is 6.79. The highest BCUT2D eigenvalue weighted by atomic mass is 32.1. The monoisotopic (exact) mass is 497 g/mol. The summed E-state index contributed by atoms with van der Waals surface area (Å²) in [6, 6.07) is 5.32. The molecule has 35 heavy (non-hydrogen) atoms. The molecule has 9 nitrogen and oxygen atoms in total.